The van der Waals surface area contributed by atoms with Crippen LogP contribution in [0.2, 0.25) is 0 Å². The van der Waals surface area contributed by atoms with Crippen LogP contribution in [0.15, 0.2) is 0 Å². The third-order valence-electron chi connectivity index (χ3n) is 3.70. The number of carbonyl (C=O) groups excluding carboxylic acids is 2. The molecule has 0 radical (unpaired) electrons. The molecule has 110 valence electrons. The molecule has 1 saturated heterocycles. The van der Waals surface area contributed by atoms with Gasteiger partial charge in [-0.3, -0.25) is 9.59 Å². The molecule has 1 aliphatic rings. The van der Waals surface area contributed by atoms with Crippen LogP contribution < -0.4 is 5.32 Å². The normalized spacial score (nSPS) is 17.1. The monoisotopic (exact) mass is 308 g/mol. The van der Waals surface area contributed by atoms with Gasteiger partial charge in [0, 0.05) is 25.0 Å². The quantitative estimate of drug-likeness (QED) is 0.793. The number of nitrogens with zero attached hydrogens (tertiary/aromatic N) is 1. The number of rotatable bonds is 5. The van der Waals surface area contributed by atoms with Gasteiger partial charge in [0.25, 0.3) is 5.91 Å². The number of halogens is 2. The smallest absolute Gasteiger partial charge is 0.255 e. The first kappa shape index (κ1) is 16.6. The Kier molecular flexibility index (Phi) is 6.94. The van der Waals surface area contributed by atoms with E-state index in [0.29, 0.717) is 13.1 Å². The van der Waals surface area contributed by atoms with Crippen molar-refractivity contribution in [2.45, 2.75) is 50.4 Å². The number of nitrogens with one attached hydrogen (secondary N) is 1. The minimum absolute atomic E-state index is 0.0923. The highest BCUT2D eigenvalue weighted by Gasteiger charge is 2.27. The van der Waals surface area contributed by atoms with Crippen LogP contribution in [0.5, 0.6) is 0 Å². The van der Waals surface area contributed by atoms with Crippen molar-refractivity contribution >= 4 is 35.0 Å². The van der Waals surface area contributed by atoms with Crippen molar-refractivity contribution in [2.24, 2.45) is 5.92 Å². The van der Waals surface area contributed by atoms with Gasteiger partial charge in [-0.1, -0.05) is 37.0 Å². The third kappa shape index (κ3) is 4.84. The van der Waals surface area contributed by atoms with Gasteiger partial charge in [0.2, 0.25) is 5.91 Å². The lowest BCUT2D eigenvalue weighted by atomic mass is 10.00. The van der Waals surface area contributed by atoms with Crippen molar-refractivity contribution in [1.29, 1.82) is 0 Å². The lowest BCUT2D eigenvalue weighted by Gasteiger charge is -2.33. The van der Waals surface area contributed by atoms with Gasteiger partial charge >= 0.3 is 0 Å². The van der Waals surface area contributed by atoms with Crippen LogP contribution in [0.1, 0.15) is 39.5 Å². The summed E-state index contributed by atoms with van der Waals surface area (Å²) in [5, 5.41) is 3.07. The van der Waals surface area contributed by atoms with Crippen molar-refractivity contribution in [3.05, 3.63) is 0 Å². The number of piperidine rings is 1. The molecule has 2 amide bonds. The second-order valence-electron chi connectivity index (χ2n) is 4.92. The van der Waals surface area contributed by atoms with E-state index in [0.717, 1.165) is 25.7 Å². The lowest BCUT2D eigenvalue weighted by Crippen LogP contribution is -2.48. The average molecular weight is 309 g/mol. The predicted molar refractivity (Wildman–Crippen MR) is 77.3 cm³/mol. The summed E-state index contributed by atoms with van der Waals surface area (Å²) in [7, 11) is 0. The highest BCUT2D eigenvalue weighted by Crippen LogP contribution is 2.16. The molecule has 0 spiro atoms. The van der Waals surface area contributed by atoms with Gasteiger partial charge in [-0.25, -0.2) is 0 Å². The zero-order valence-corrected chi connectivity index (χ0v) is 13.0. The van der Waals surface area contributed by atoms with E-state index in [9.17, 15) is 9.59 Å². The fourth-order valence-corrected chi connectivity index (χ4v) is 2.64. The topological polar surface area (TPSA) is 49.4 Å². The van der Waals surface area contributed by atoms with Crippen LogP contribution in [0.25, 0.3) is 0 Å². The number of alkyl halides is 2. The summed E-state index contributed by atoms with van der Waals surface area (Å²) in [5.41, 5.74) is 0. The van der Waals surface area contributed by atoms with Gasteiger partial charge in [-0.2, -0.15) is 0 Å². The molecule has 6 heteroatoms. The van der Waals surface area contributed by atoms with E-state index < -0.39 is 4.84 Å². The molecule has 1 heterocycles. The van der Waals surface area contributed by atoms with Crippen molar-refractivity contribution < 1.29 is 9.59 Å². The molecule has 0 aromatic carbocycles. The van der Waals surface area contributed by atoms with Gasteiger partial charge in [-0.05, 0) is 25.7 Å². The Hall–Kier alpha value is -0.480. The van der Waals surface area contributed by atoms with Crippen molar-refractivity contribution in [1.82, 2.24) is 10.2 Å². The summed E-state index contributed by atoms with van der Waals surface area (Å²) in [6, 6.07) is 0.154. The van der Waals surface area contributed by atoms with E-state index in [-0.39, 0.29) is 23.8 Å². The third-order valence-corrected chi connectivity index (χ3v) is 4.07. The Morgan fingerprint density at radius 2 is 1.74 bits per heavy atom. The molecule has 0 saturated carbocycles. The van der Waals surface area contributed by atoms with Crippen LogP contribution in [-0.4, -0.2) is 40.7 Å². The largest absolute Gasteiger partial charge is 0.353 e. The fourth-order valence-electron chi connectivity index (χ4n) is 2.36. The highest BCUT2D eigenvalue weighted by molar-refractivity contribution is 6.53. The van der Waals surface area contributed by atoms with Gasteiger partial charge in [0.15, 0.2) is 4.84 Å². The Bertz CT molecular complexity index is 312. The molecule has 0 aromatic rings. The average Bonchev–Trinajstić information content (AvgIpc) is 2.40. The minimum atomic E-state index is -0.990. The van der Waals surface area contributed by atoms with Crippen molar-refractivity contribution in [3.63, 3.8) is 0 Å². The van der Waals surface area contributed by atoms with Crippen LogP contribution in [0.4, 0.5) is 0 Å². The van der Waals surface area contributed by atoms with E-state index in [2.05, 4.69) is 5.32 Å². The molecule has 1 aliphatic heterocycles. The standard InChI is InChI=1S/C13H22Cl2N2O2/c1-3-9(4-2)12(18)16-10-5-7-17(8-6-10)13(19)11(14)15/h9-11H,3-8H2,1-2H3,(H,16,18). The lowest BCUT2D eigenvalue weighted by molar-refractivity contribution is -0.130. The summed E-state index contributed by atoms with van der Waals surface area (Å²) in [6.45, 7) is 5.25. The Labute approximate surface area is 124 Å². The molecular formula is C13H22Cl2N2O2. The van der Waals surface area contributed by atoms with Gasteiger partial charge in [0.1, 0.15) is 0 Å². The minimum Gasteiger partial charge on any atom is -0.353 e. The molecule has 1 rings (SSSR count). The first-order valence-electron chi connectivity index (χ1n) is 6.86. The second kappa shape index (κ2) is 7.95. The maximum Gasteiger partial charge on any atom is 0.255 e. The molecule has 19 heavy (non-hydrogen) atoms. The van der Waals surface area contributed by atoms with E-state index >= 15 is 0 Å². The zero-order valence-electron chi connectivity index (χ0n) is 11.5. The summed E-state index contributed by atoms with van der Waals surface area (Å²) < 4.78 is 0. The maximum atomic E-state index is 12.0. The van der Waals surface area contributed by atoms with E-state index in [1.54, 1.807) is 4.90 Å². The number of carbonyl (C=O) groups is 2. The summed E-state index contributed by atoms with van der Waals surface area (Å²) in [6.07, 6.45) is 3.25. The van der Waals surface area contributed by atoms with Crippen LogP contribution in [0.3, 0.4) is 0 Å². The predicted octanol–water partition coefficient (Wildman–Crippen LogP) is 2.33. The maximum absolute atomic E-state index is 12.0. The highest BCUT2D eigenvalue weighted by atomic mass is 35.5. The second-order valence-corrected chi connectivity index (χ2v) is 6.02. The van der Waals surface area contributed by atoms with Crippen LogP contribution >= 0.6 is 23.2 Å². The van der Waals surface area contributed by atoms with Crippen molar-refractivity contribution in [3.8, 4) is 0 Å². The Balaban J connectivity index is 2.38. The molecular weight excluding hydrogens is 287 g/mol. The zero-order chi connectivity index (χ0) is 14.4. The molecule has 0 bridgehead atoms. The van der Waals surface area contributed by atoms with Gasteiger partial charge in [0.05, 0.1) is 0 Å². The molecule has 0 aromatic heterocycles. The summed E-state index contributed by atoms with van der Waals surface area (Å²) in [4.78, 5) is 24.2. The fraction of sp³-hybridized carbons (Fsp3) is 0.846. The number of amides is 2. The summed E-state index contributed by atoms with van der Waals surface area (Å²) >= 11 is 11.1. The molecule has 1 N–H and O–H groups in total. The first-order valence-corrected chi connectivity index (χ1v) is 7.74. The molecule has 4 nitrogen and oxygen atoms in total. The van der Waals surface area contributed by atoms with Crippen LogP contribution in [0, 0.1) is 5.92 Å². The summed E-state index contributed by atoms with van der Waals surface area (Å²) in [5.74, 6) is -0.0230. The number of likely N-dealkylation sites (tertiary alicyclic amines) is 1. The Morgan fingerprint density at radius 1 is 1.21 bits per heavy atom. The van der Waals surface area contributed by atoms with E-state index in [1.807, 2.05) is 13.8 Å². The molecule has 0 atom stereocenters. The molecule has 0 unspecified atom stereocenters. The number of hydrogen-bond donors (Lipinski definition) is 1. The molecule has 0 aliphatic carbocycles. The van der Waals surface area contributed by atoms with Crippen molar-refractivity contribution in [2.75, 3.05) is 13.1 Å². The van der Waals surface area contributed by atoms with E-state index in [4.69, 9.17) is 23.2 Å². The molecule has 1 fully saturated rings. The Morgan fingerprint density at radius 3 is 2.16 bits per heavy atom. The van der Waals surface area contributed by atoms with Gasteiger partial charge in [-0.15, -0.1) is 0 Å². The van der Waals surface area contributed by atoms with E-state index in [1.165, 1.54) is 0 Å². The van der Waals surface area contributed by atoms with Crippen LogP contribution in [-0.2, 0) is 9.59 Å². The SMILES string of the molecule is CCC(CC)C(=O)NC1CCN(C(=O)C(Cl)Cl)CC1. The van der Waals surface area contributed by atoms with Gasteiger partial charge < -0.3 is 10.2 Å². The number of hydrogen-bond acceptors (Lipinski definition) is 2. The first-order chi connectivity index (χ1) is 8.99.